The molecule has 0 spiro atoms. The van der Waals surface area contributed by atoms with Gasteiger partial charge in [0.05, 0.1) is 44.6 Å². The number of rotatable bonds is 8. The van der Waals surface area contributed by atoms with Crippen molar-refractivity contribution in [2.24, 2.45) is 0 Å². The molecule has 164 valence electrons. The Bertz CT molecular complexity index is 984. The van der Waals surface area contributed by atoms with Gasteiger partial charge in [-0.05, 0) is 56.7 Å². The van der Waals surface area contributed by atoms with Crippen LogP contribution in [0, 0.1) is 6.92 Å². The van der Waals surface area contributed by atoms with Crippen molar-refractivity contribution in [1.82, 2.24) is 9.88 Å². The summed E-state index contributed by atoms with van der Waals surface area (Å²) in [7, 11) is 1.58. The smallest absolute Gasteiger partial charge is 0.295 e. The van der Waals surface area contributed by atoms with E-state index in [0.717, 1.165) is 18.7 Å². The van der Waals surface area contributed by atoms with Crippen molar-refractivity contribution in [1.29, 1.82) is 0 Å². The lowest BCUT2D eigenvalue weighted by atomic mass is 9.97. The number of likely N-dealkylation sites (tertiary alicyclic amines) is 1. The van der Waals surface area contributed by atoms with E-state index in [-0.39, 0.29) is 11.3 Å². The molecule has 1 fully saturated rings. The number of methoxy groups -OCH3 is 1. The Kier molecular flexibility index (Phi) is 7.07. The number of aryl methyl sites for hydroxylation is 1. The predicted octanol–water partition coefficient (Wildman–Crippen LogP) is 1.75. The zero-order valence-corrected chi connectivity index (χ0v) is 18.5. The molecular weight excluding hydrogens is 394 g/mol. The van der Waals surface area contributed by atoms with Crippen molar-refractivity contribution in [3.05, 3.63) is 65.0 Å². The summed E-state index contributed by atoms with van der Waals surface area (Å²) in [5.74, 6) is -0.803. The van der Waals surface area contributed by atoms with Gasteiger partial charge in [0.1, 0.15) is 17.6 Å². The second-order valence-electron chi connectivity index (χ2n) is 7.64. The molecule has 0 unspecified atom stereocenters. The van der Waals surface area contributed by atoms with Gasteiger partial charge in [0.25, 0.3) is 11.7 Å². The third-order valence-electron chi connectivity index (χ3n) is 5.88. The van der Waals surface area contributed by atoms with Crippen LogP contribution in [0.15, 0.2) is 48.2 Å². The number of nitrogens with one attached hydrogen (secondary N) is 1. The largest absolute Gasteiger partial charge is 0.507 e. The lowest BCUT2D eigenvalue weighted by Crippen LogP contribution is -3.12. The molecule has 1 aliphatic heterocycles. The first kappa shape index (κ1) is 22.5. The van der Waals surface area contributed by atoms with Crippen LogP contribution in [-0.2, 0) is 9.59 Å². The second-order valence-corrected chi connectivity index (χ2v) is 7.64. The molecule has 0 radical (unpaired) electrons. The number of aliphatic hydroxyl groups is 1. The molecule has 1 saturated heterocycles. The number of pyridine rings is 1. The molecule has 7 heteroatoms. The van der Waals surface area contributed by atoms with Gasteiger partial charge in [-0.3, -0.25) is 14.6 Å². The standard InChI is InChI=1S/C24H29N3O4/c1-5-26(6-2)13-14-27-21(18-9-7-8-12-25-18)20(23(29)24(27)30)22(28)17-10-11-19(31-4)16(3)15-17/h7-12,15,21,28H,5-6,13-14H2,1-4H3/p+1/t21-/m1/s1. The fraction of sp³-hybridized carbons (Fsp3) is 0.375. The van der Waals surface area contributed by atoms with Crippen LogP contribution in [0.1, 0.15) is 36.7 Å². The van der Waals surface area contributed by atoms with Crippen molar-refractivity contribution in [3.8, 4) is 5.75 Å². The van der Waals surface area contributed by atoms with Crippen LogP contribution in [0.25, 0.3) is 5.76 Å². The molecule has 1 aromatic carbocycles. The monoisotopic (exact) mass is 424 g/mol. The number of ketones is 1. The number of aliphatic hydroxyl groups excluding tert-OH is 1. The number of Topliss-reactive ketones (excluding diaryl/α,β-unsaturated/α-hetero) is 1. The molecule has 0 bridgehead atoms. The van der Waals surface area contributed by atoms with E-state index in [1.165, 1.54) is 9.80 Å². The molecule has 31 heavy (non-hydrogen) atoms. The number of benzene rings is 1. The Balaban J connectivity index is 2.08. The quantitative estimate of drug-likeness (QED) is 0.383. The summed E-state index contributed by atoms with van der Waals surface area (Å²) in [6, 6.07) is 9.82. The number of carbonyl (C=O) groups excluding carboxylic acids is 2. The van der Waals surface area contributed by atoms with Crippen LogP contribution >= 0.6 is 0 Å². The van der Waals surface area contributed by atoms with Gasteiger partial charge in [0.15, 0.2) is 0 Å². The molecule has 0 aliphatic carbocycles. The molecule has 3 rings (SSSR count). The van der Waals surface area contributed by atoms with Crippen molar-refractivity contribution in [2.45, 2.75) is 26.8 Å². The van der Waals surface area contributed by atoms with Crippen LogP contribution in [0.3, 0.4) is 0 Å². The summed E-state index contributed by atoms with van der Waals surface area (Å²) in [4.78, 5) is 33.3. The van der Waals surface area contributed by atoms with Crippen LogP contribution in [0.4, 0.5) is 0 Å². The average Bonchev–Trinajstić information content (AvgIpc) is 3.04. The first-order valence-electron chi connectivity index (χ1n) is 10.6. The van der Waals surface area contributed by atoms with E-state index < -0.39 is 17.7 Å². The Hall–Kier alpha value is -3.19. The average molecular weight is 425 g/mol. The maximum absolute atomic E-state index is 13.0. The number of ether oxygens (including phenoxy) is 1. The Morgan fingerprint density at radius 1 is 1.19 bits per heavy atom. The molecular formula is C24H30N3O4+. The van der Waals surface area contributed by atoms with Gasteiger partial charge in [0, 0.05) is 11.8 Å². The lowest BCUT2D eigenvalue weighted by Gasteiger charge is -2.26. The molecule has 1 aromatic heterocycles. The van der Waals surface area contributed by atoms with Crippen molar-refractivity contribution >= 4 is 17.4 Å². The third kappa shape index (κ3) is 4.46. The highest BCUT2D eigenvalue weighted by atomic mass is 16.5. The van der Waals surface area contributed by atoms with Gasteiger partial charge in [0.2, 0.25) is 0 Å². The van der Waals surface area contributed by atoms with Crippen molar-refractivity contribution in [3.63, 3.8) is 0 Å². The van der Waals surface area contributed by atoms with Crippen molar-refractivity contribution < 1.29 is 24.3 Å². The maximum Gasteiger partial charge on any atom is 0.295 e. The van der Waals surface area contributed by atoms with E-state index in [0.29, 0.717) is 30.1 Å². The number of likely N-dealkylation sites (N-methyl/N-ethyl adjacent to an activating group) is 1. The number of quaternary nitrogens is 1. The minimum absolute atomic E-state index is 0.0720. The van der Waals surface area contributed by atoms with Crippen LogP contribution < -0.4 is 9.64 Å². The van der Waals surface area contributed by atoms with E-state index in [2.05, 4.69) is 18.8 Å². The van der Waals surface area contributed by atoms with E-state index >= 15 is 0 Å². The number of hydrogen-bond donors (Lipinski definition) is 2. The third-order valence-corrected chi connectivity index (χ3v) is 5.88. The summed E-state index contributed by atoms with van der Waals surface area (Å²) in [6.45, 7) is 9.02. The lowest BCUT2D eigenvalue weighted by molar-refractivity contribution is -0.895. The molecule has 1 aliphatic rings. The summed E-state index contributed by atoms with van der Waals surface area (Å²) in [5, 5.41) is 11.1. The molecule has 0 saturated carbocycles. The molecule has 1 amide bonds. The fourth-order valence-corrected chi connectivity index (χ4v) is 4.02. The van der Waals surface area contributed by atoms with Crippen LogP contribution in [0.2, 0.25) is 0 Å². The van der Waals surface area contributed by atoms with Gasteiger partial charge >= 0.3 is 0 Å². The first-order chi connectivity index (χ1) is 14.9. The highest BCUT2D eigenvalue weighted by molar-refractivity contribution is 6.46. The maximum atomic E-state index is 13.0. The van der Waals surface area contributed by atoms with E-state index in [9.17, 15) is 14.7 Å². The number of amides is 1. The molecule has 7 nitrogen and oxygen atoms in total. The Morgan fingerprint density at radius 3 is 2.52 bits per heavy atom. The summed E-state index contributed by atoms with van der Waals surface area (Å²) in [6.07, 6.45) is 1.63. The fourth-order valence-electron chi connectivity index (χ4n) is 4.02. The predicted molar refractivity (Wildman–Crippen MR) is 118 cm³/mol. The highest BCUT2D eigenvalue weighted by Crippen LogP contribution is 2.38. The van der Waals surface area contributed by atoms with Crippen molar-refractivity contribution in [2.75, 3.05) is 33.3 Å². The first-order valence-corrected chi connectivity index (χ1v) is 10.6. The normalized spacial score (nSPS) is 18.1. The van der Waals surface area contributed by atoms with Crippen LogP contribution in [-0.4, -0.2) is 60.0 Å². The zero-order chi connectivity index (χ0) is 22.5. The van der Waals surface area contributed by atoms with Gasteiger partial charge in [-0.2, -0.15) is 0 Å². The van der Waals surface area contributed by atoms with Gasteiger partial charge in [-0.15, -0.1) is 0 Å². The Morgan fingerprint density at radius 2 is 1.94 bits per heavy atom. The minimum Gasteiger partial charge on any atom is -0.507 e. The zero-order valence-electron chi connectivity index (χ0n) is 18.5. The highest BCUT2D eigenvalue weighted by Gasteiger charge is 2.46. The van der Waals surface area contributed by atoms with E-state index in [1.807, 2.05) is 13.0 Å². The SMILES string of the molecule is CC[NH+](CC)CCN1C(=O)C(=O)C(=C(O)c2ccc(OC)c(C)c2)[C@H]1c1ccccn1. The number of carbonyl (C=O) groups is 2. The van der Waals surface area contributed by atoms with Gasteiger partial charge < -0.3 is 19.6 Å². The molecule has 1 atom stereocenters. The molecule has 2 aromatic rings. The number of hydrogen-bond acceptors (Lipinski definition) is 5. The van der Waals surface area contributed by atoms with E-state index in [1.54, 1.807) is 43.6 Å². The van der Waals surface area contributed by atoms with Crippen LogP contribution in [0.5, 0.6) is 5.75 Å². The summed E-state index contributed by atoms with van der Waals surface area (Å²) in [5.41, 5.74) is 1.91. The topological polar surface area (TPSA) is 84.2 Å². The number of aromatic nitrogens is 1. The molecule has 2 heterocycles. The second kappa shape index (κ2) is 9.75. The Labute approximate surface area is 183 Å². The van der Waals surface area contributed by atoms with E-state index in [4.69, 9.17) is 4.74 Å². The van der Waals surface area contributed by atoms with Gasteiger partial charge in [-0.25, -0.2) is 0 Å². The molecule has 2 N–H and O–H groups in total. The minimum atomic E-state index is -0.724. The van der Waals surface area contributed by atoms with Gasteiger partial charge in [-0.1, -0.05) is 6.07 Å². The summed E-state index contributed by atoms with van der Waals surface area (Å²) < 4.78 is 5.29. The number of nitrogens with zero attached hydrogens (tertiary/aromatic N) is 2. The summed E-state index contributed by atoms with van der Waals surface area (Å²) >= 11 is 0.